The third-order valence-corrected chi connectivity index (χ3v) is 3.65. The molecule has 0 N–H and O–H groups in total. The van der Waals surface area contributed by atoms with Gasteiger partial charge in [0, 0.05) is 23.4 Å². The van der Waals surface area contributed by atoms with E-state index >= 15 is 0 Å². The zero-order valence-electron chi connectivity index (χ0n) is 9.98. The van der Waals surface area contributed by atoms with Crippen LogP contribution in [0.2, 0.25) is 0 Å². The second kappa shape index (κ2) is 4.47. The lowest BCUT2D eigenvalue weighted by molar-refractivity contribution is -0.384. The highest BCUT2D eigenvalue weighted by atomic mass is 32.2. The molecule has 2 heterocycles. The van der Waals surface area contributed by atoms with E-state index in [4.69, 9.17) is 0 Å². The Morgan fingerprint density at radius 1 is 1.42 bits per heavy atom. The molecule has 3 rings (SSSR count). The van der Waals surface area contributed by atoms with Gasteiger partial charge in [0.15, 0.2) is 5.82 Å². The SMILES string of the molecule is Cc1nnc2n1N=C(c1cccc([N+](=O)[O-])c1)CS2. The molecule has 1 aromatic heterocycles. The monoisotopic (exact) mass is 275 g/mol. The van der Waals surface area contributed by atoms with Crippen LogP contribution in [0.1, 0.15) is 11.4 Å². The van der Waals surface area contributed by atoms with Crippen molar-refractivity contribution in [3.63, 3.8) is 0 Å². The Balaban J connectivity index is 2.04. The van der Waals surface area contributed by atoms with Crippen LogP contribution in [0.15, 0.2) is 34.5 Å². The third-order valence-electron chi connectivity index (χ3n) is 2.72. The van der Waals surface area contributed by atoms with E-state index in [1.54, 1.807) is 10.7 Å². The molecule has 0 fully saturated rings. The van der Waals surface area contributed by atoms with E-state index in [2.05, 4.69) is 15.3 Å². The van der Waals surface area contributed by atoms with Crippen molar-refractivity contribution >= 4 is 23.2 Å². The van der Waals surface area contributed by atoms with Crippen molar-refractivity contribution in [1.82, 2.24) is 14.9 Å². The Labute approximate surface area is 112 Å². The second-order valence-corrected chi connectivity index (χ2v) is 4.93. The highest BCUT2D eigenvalue weighted by molar-refractivity contribution is 7.99. The first-order chi connectivity index (χ1) is 9.15. The van der Waals surface area contributed by atoms with Gasteiger partial charge in [-0.1, -0.05) is 23.9 Å². The first kappa shape index (κ1) is 11.8. The lowest BCUT2D eigenvalue weighted by Crippen LogP contribution is -2.14. The van der Waals surface area contributed by atoms with Gasteiger partial charge in [-0.05, 0) is 6.92 Å². The lowest BCUT2D eigenvalue weighted by Gasteiger charge is -2.12. The standard InChI is InChI=1S/C11H9N5O2S/c1-7-12-13-11-15(7)14-10(6-19-11)8-3-2-4-9(5-8)16(17)18/h2-5H,6H2,1H3. The van der Waals surface area contributed by atoms with Crippen LogP contribution in [0.25, 0.3) is 0 Å². The number of nitro benzene ring substituents is 1. The van der Waals surface area contributed by atoms with Crippen molar-refractivity contribution in [1.29, 1.82) is 0 Å². The Bertz CT molecular complexity index is 694. The van der Waals surface area contributed by atoms with Gasteiger partial charge < -0.3 is 0 Å². The molecule has 19 heavy (non-hydrogen) atoms. The van der Waals surface area contributed by atoms with Crippen LogP contribution in [0.3, 0.4) is 0 Å². The average molecular weight is 275 g/mol. The van der Waals surface area contributed by atoms with Gasteiger partial charge in [0.05, 0.1) is 10.6 Å². The number of fused-ring (bicyclic) bond motifs is 1. The molecular formula is C11H9N5O2S. The first-order valence-electron chi connectivity index (χ1n) is 5.52. The molecule has 0 aliphatic carbocycles. The Morgan fingerprint density at radius 2 is 2.26 bits per heavy atom. The van der Waals surface area contributed by atoms with E-state index in [1.807, 2.05) is 13.0 Å². The fourth-order valence-corrected chi connectivity index (χ4v) is 2.65. The number of aryl methyl sites for hydroxylation is 1. The Kier molecular flexibility index (Phi) is 2.79. The number of nitro groups is 1. The largest absolute Gasteiger partial charge is 0.270 e. The fraction of sp³-hybridized carbons (Fsp3) is 0.182. The molecule has 0 saturated heterocycles. The van der Waals surface area contributed by atoms with E-state index in [-0.39, 0.29) is 5.69 Å². The van der Waals surface area contributed by atoms with Gasteiger partial charge >= 0.3 is 0 Å². The number of benzene rings is 1. The van der Waals surface area contributed by atoms with Gasteiger partial charge in [-0.3, -0.25) is 10.1 Å². The van der Waals surface area contributed by atoms with Gasteiger partial charge in [-0.25, -0.2) is 0 Å². The molecule has 0 unspecified atom stereocenters. The van der Waals surface area contributed by atoms with Crippen molar-refractivity contribution in [2.75, 3.05) is 5.75 Å². The number of non-ortho nitro benzene ring substituents is 1. The van der Waals surface area contributed by atoms with E-state index in [1.165, 1.54) is 23.9 Å². The van der Waals surface area contributed by atoms with Crippen LogP contribution in [-0.2, 0) is 0 Å². The molecule has 2 aromatic rings. The molecule has 0 radical (unpaired) electrons. The summed E-state index contributed by atoms with van der Waals surface area (Å²) in [4.78, 5) is 10.4. The highest BCUT2D eigenvalue weighted by Crippen LogP contribution is 2.24. The summed E-state index contributed by atoms with van der Waals surface area (Å²) in [7, 11) is 0. The summed E-state index contributed by atoms with van der Waals surface area (Å²) in [6.07, 6.45) is 0. The third kappa shape index (κ3) is 2.10. The van der Waals surface area contributed by atoms with Crippen LogP contribution >= 0.6 is 11.8 Å². The Hall–Kier alpha value is -2.22. The van der Waals surface area contributed by atoms with Gasteiger partial charge in [0.1, 0.15) is 0 Å². The average Bonchev–Trinajstić information content (AvgIpc) is 2.80. The van der Waals surface area contributed by atoms with Crippen LogP contribution < -0.4 is 0 Å². The number of aromatic nitrogens is 3. The number of hydrogen-bond donors (Lipinski definition) is 0. The van der Waals surface area contributed by atoms with E-state index in [9.17, 15) is 10.1 Å². The second-order valence-electron chi connectivity index (χ2n) is 3.98. The lowest BCUT2D eigenvalue weighted by atomic mass is 10.1. The quantitative estimate of drug-likeness (QED) is 0.616. The van der Waals surface area contributed by atoms with Gasteiger partial charge in [0.2, 0.25) is 5.16 Å². The number of nitrogens with zero attached hydrogens (tertiary/aromatic N) is 5. The smallest absolute Gasteiger partial charge is 0.258 e. The summed E-state index contributed by atoms with van der Waals surface area (Å²) >= 11 is 1.52. The minimum Gasteiger partial charge on any atom is -0.258 e. The molecule has 8 heteroatoms. The van der Waals surface area contributed by atoms with Crippen LogP contribution in [0.4, 0.5) is 5.69 Å². The summed E-state index contributed by atoms with van der Waals surface area (Å²) in [6.45, 7) is 1.82. The first-order valence-corrected chi connectivity index (χ1v) is 6.51. The van der Waals surface area contributed by atoms with Crippen LogP contribution in [-0.4, -0.2) is 31.3 Å². The van der Waals surface area contributed by atoms with Crippen LogP contribution in [0, 0.1) is 17.0 Å². The predicted molar refractivity (Wildman–Crippen MR) is 70.5 cm³/mol. The molecule has 0 atom stereocenters. The molecule has 0 saturated carbocycles. The maximum atomic E-state index is 10.8. The van der Waals surface area contributed by atoms with E-state index < -0.39 is 4.92 Å². The van der Waals surface area contributed by atoms with Crippen LogP contribution in [0.5, 0.6) is 0 Å². The van der Waals surface area contributed by atoms with Crippen molar-refractivity contribution < 1.29 is 4.92 Å². The minimum atomic E-state index is -0.407. The molecule has 7 nitrogen and oxygen atoms in total. The molecule has 1 aliphatic heterocycles. The molecular weight excluding hydrogens is 266 g/mol. The molecule has 0 spiro atoms. The molecule has 0 bridgehead atoms. The van der Waals surface area contributed by atoms with E-state index in [0.29, 0.717) is 11.6 Å². The van der Waals surface area contributed by atoms with E-state index in [0.717, 1.165) is 16.4 Å². The predicted octanol–water partition coefficient (Wildman–Crippen LogP) is 1.85. The molecule has 96 valence electrons. The number of hydrogen-bond acceptors (Lipinski definition) is 6. The molecule has 0 amide bonds. The van der Waals surface area contributed by atoms with Crippen molar-refractivity contribution in [3.8, 4) is 0 Å². The summed E-state index contributed by atoms with van der Waals surface area (Å²) in [6, 6.07) is 6.48. The van der Waals surface area contributed by atoms with Crippen molar-refractivity contribution in [2.45, 2.75) is 12.1 Å². The van der Waals surface area contributed by atoms with Gasteiger partial charge in [-0.2, -0.15) is 9.78 Å². The summed E-state index contributed by atoms with van der Waals surface area (Å²) in [5, 5.41) is 23.9. The normalized spacial score (nSPS) is 13.8. The molecule has 1 aliphatic rings. The summed E-state index contributed by atoms with van der Waals surface area (Å²) in [5.41, 5.74) is 1.60. The summed E-state index contributed by atoms with van der Waals surface area (Å²) < 4.78 is 1.66. The number of rotatable bonds is 2. The minimum absolute atomic E-state index is 0.0662. The van der Waals surface area contributed by atoms with Crippen molar-refractivity contribution in [2.24, 2.45) is 5.10 Å². The van der Waals surface area contributed by atoms with Gasteiger partial charge in [-0.15, -0.1) is 10.2 Å². The maximum Gasteiger partial charge on any atom is 0.270 e. The highest BCUT2D eigenvalue weighted by Gasteiger charge is 2.19. The zero-order valence-corrected chi connectivity index (χ0v) is 10.8. The van der Waals surface area contributed by atoms with Gasteiger partial charge in [0.25, 0.3) is 5.69 Å². The topological polar surface area (TPSA) is 86.2 Å². The van der Waals surface area contributed by atoms with Crippen molar-refractivity contribution in [3.05, 3.63) is 45.8 Å². The fourth-order valence-electron chi connectivity index (χ4n) is 1.77. The molecule has 1 aromatic carbocycles. The Morgan fingerprint density at radius 3 is 3.05 bits per heavy atom. The summed E-state index contributed by atoms with van der Waals surface area (Å²) in [5.74, 6) is 1.32. The zero-order chi connectivity index (χ0) is 13.4. The number of thioether (sulfide) groups is 1. The maximum absolute atomic E-state index is 10.8.